The molecule has 0 saturated carbocycles. The fraction of sp³-hybridized carbons (Fsp3) is 0.250. The van der Waals surface area contributed by atoms with Crippen molar-refractivity contribution in [3.8, 4) is 5.88 Å². The number of alkyl halides is 3. The Hall–Kier alpha value is -1.06. The van der Waals surface area contributed by atoms with Crippen LogP contribution in [0.2, 0.25) is 0 Å². The molecular weight excluding hydrogens is 342 g/mol. The second-order valence-electron chi connectivity index (χ2n) is 2.80. The summed E-state index contributed by atoms with van der Waals surface area (Å²) in [5.74, 6) is -1.91. The van der Waals surface area contributed by atoms with Gasteiger partial charge in [-0.15, -0.1) is 13.2 Å². The summed E-state index contributed by atoms with van der Waals surface area (Å²) < 4.78 is 39.2. The molecule has 0 aliphatic carbocycles. The van der Waals surface area contributed by atoms with Gasteiger partial charge >= 0.3 is 12.3 Å². The zero-order valence-corrected chi connectivity index (χ0v) is 9.96. The van der Waals surface area contributed by atoms with E-state index < -0.39 is 18.2 Å². The Kier molecular flexibility index (Phi) is 3.61. The first-order valence-corrected chi connectivity index (χ1v) is 4.95. The van der Waals surface area contributed by atoms with Crippen LogP contribution in [0.25, 0.3) is 0 Å². The fourth-order valence-corrected chi connectivity index (χ4v) is 1.93. The van der Waals surface area contributed by atoms with E-state index in [0.717, 1.165) is 6.07 Å². The molecule has 0 saturated heterocycles. The van der Waals surface area contributed by atoms with Crippen LogP contribution >= 0.6 is 22.6 Å². The van der Waals surface area contributed by atoms with Crippen LogP contribution in [0.1, 0.15) is 15.9 Å². The van der Waals surface area contributed by atoms with E-state index in [2.05, 4.69) is 9.72 Å². The number of rotatable bonds is 2. The minimum absolute atomic E-state index is 0.0515. The van der Waals surface area contributed by atoms with Crippen molar-refractivity contribution in [3.05, 3.63) is 20.9 Å². The largest absolute Gasteiger partial charge is 0.574 e. The number of halogens is 4. The van der Waals surface area contributed by atoms with Crippen LogP contribution in [-0.2, 0) is 0 Å². The summed E-state index contributed by atoms with van der Waals surface area (Å²) in [5, 5.41) is 8.76. The standard InChI is InChI=1S/C8H5F3INO3/c1-3-2-4(16-8(9,10)11)13-6(12)5(3)7(14)15/h2H,1H3,(H,14,15). The van der Waals surface area contributed by atoms with Crippen LogP contribution in [0.4, 0.5) is 13.2 Å². The Bertz CT molecular complexity index is 410. The predicted molar refractivity (Wildman–Crippen MR) is 55.3 cm³/mol. The molecule has 1 aromatic heterocycles. The maximum absolute atomic E-state index is 11.9. The molecule has 1 rings (SSSR count). The van der Waals surface area contributed by atoms with Crippen molar-refractivity contribution >= 4 is 28.6 Å². The average Bonchev–Trinajstić information content (AvgIpc) is 1.96. The molecule has 0 aliphatic rings. The zero-order valence-electron chi connectivity index (χ0n) is 7.80. The lowest BCUT2D eigenvalue weighted by Gasteiger charge is -2.10. The lowest BCUT2D eigenvalue weighted by Crippen LogP contribution is -2.19. The Morgan fingerprint density at radius 2 is 2.12 bits per heavy atom. The van der Waals surface area contributed by atoms with Gasteiger partial charge < -0.3 is 9.84 Å². The molecule has 4 nitrogen and oxygen atoms in total. The molecule has 0 atom stereocenters. The highest BCUT2D eigenvalue weighted by Gasteiger charge is 2.32. The van der Waals surface area contributed by atoms with Gasteiger partial charge in [0, 0.05) is 6.07 Å². The zero-order chi connectivity index (χ0) is 12.5. The molecule has 88 valence electrons. The molecule has 0 aromatic carbocycles. The Morgan fingerprint density at radius 3 is 2.50 bits per heavy atom. The molecule has 0 spiro atoms. The van der Waals surface area contributed by atoms with Crippen LogP contribution in [0.3, 0.4) is 0 Å². The number of ether oxygens (including phenoxy) is 1. The first kappa shape index (κ1) is 13.0. The summed E-state index contributed by atoms with van der Waals surface area (Å²) in [7, 11) is 0. The quantitative estimate of drug-likeness (QED) is 0.660. The van der Waals surface area contributed by atoms with E-state index in [1.807, 2.05) is 0 Å². The lowest BCUT2D eigenvalue weighted by atomic mass is 10.2. The summed E-state index contributed by atoms with van der Waals surface area (Å²) in [5.41, 5.74) is 0.0290. The number of hydrogen-bond acceptors (Lipinski definition) is 3. The highest BCUT2D eigenvalue weighted by molar-refractivity contribution is 14.1. The van der Waals surface area contributed by atoms with E-state index in [-0.39, 0.29) is 14.8 Å². The number of carboxylic acid groups (broad SMARTS) is 1. The topological polar surface area (TPSA) is 59.4 Å². The van der Waals surface area contributed by atoms with Gasteiger partial charge in [-0.3, -0.25) is 0 Å². The molecule has 0 unspecified atom stereocenters. The van der Waals surface area contributed by atoms with Crippen LogP contribution in [0.15, 0.2) is 6.07 Å². The first-order chi connectivity index (χ1) is 7.20. The van der Waals surface area contributed by atoms with Gasteiger partial charge in [-0.25, -0.2) is 9.78 Å². The van der Waals surface area contributed by atoms with Crippen LogP contribution in [0, 0.1) is 10.6 Å². The molecule has 0 amide bonds. The molecule has 0 radical (unpaired) electrons. The SMILES string of the molecule is Cc1cc(OC(F)(F)F)nc(I)c1C(=O)O. The highest BCUT2D eigenvalue weighted by Crippen LogP contribution is 2.25. The molecule has 0 aliphatic heterocycles. The molecule has 0 bridgehead atoms. The van der Waals surface area contributed by atoms with Crippen molar-refractivity contribution in [1.82, 2.24) is 4.98 Å². The smallest absolute Gasteiger partial charge is 0.478 e. The Labute approximate surface area is 102 Å². The van der Waals surface area contributed by atoms with Crippen molar-refractivity contribution in [2.45, 2.75) is 13.3 Å². The van der Waals surface area contributed by atoms with E-state index in [0.29, 0.717) is 0 Å². The number of nitrogens with zero attached hydrogens (tertiary/aromatic N) is 1. The summed E-state index contributed by atoms with van der Waals surface area (Å²) in [6, 6.07) is 0.930. The number of carboxylic acids is 1. The minimum Gasteiger partial charge on any atom is -0.478 e. The van der Waals surface area contributed by atoms with Gasteiger partial charge in [-0.2, -0.15) is 0 Å². The van der Waals surface area contributed by atoms with Crippen molar-refractivity contribution < 1.29 is 27.8 Å². The maximum atomic E-state index is 11.9. The second-order valence-corrected chi connectivity index (χ2v) is 3.82. The Balaban J connectivity index is 3.15. The monoisotopic (exact) mass is 347 g/mol. The first-order valence-electron chi connectivity index (χ1n) is 3.87. The minimum atomic E-state index is -4.84. The summed E-state index contributed by atoms with van der Waals surface area (Å²) in [4.78, 5) is 14.1. The Morgan fingerprint density at radius 1 is 1.56 bits per heavy atom. The van der Waals surface area contributed by atoms with E-state index in [1.54, 1.807) is 0 Å². The van der Waals surface area contributed by atoms with Gasteiger partial charge in [0.05, 0.1) is 5.56 Å². The number of carbonyl (C=O) groups is 1. The number of aromatic nitrogens is 1. The van der Waals surface area contributed by atoms with E-state index >= 15 is 0 Å². The molecule has 1 heterocycles. The van der Waals surface area contributed by atoms with Crippen LogP contribution in [0.5, 0.6) is 5.88 Å². The number of aryl methyl sites for hydroxylation is 1. The second kappa shape index (κ2) is 4.44. The van der Waals surface area contributed by atoms with Crippen LogP contribution < -0.4 is 4.74 Å². The number of hydrogen-bond donors (Lipinski definition) is 1. The van der Waals surface area contributed by atoms with E-state index in [9.17, 15) is 18.0 Å². The van der Waals surface area contributed by atoms with Gasteiger partial charge in [0.25, 0.3) is 0 Å². The molecule has 0 fully saturated rings. The van der Waals surface area contributed by atoms with Gasteiger partial charge in [0.15, 0.2) is 0 Å². The average molecular weight is 347 g/mol. The van der Waals surface area contributed by atoms with E-state index in [1.165, 1.54) is 29.5 Å². The fourth-order valence-electron chi connectivity index (χ4n) is 1.03. The van der Waals surface area contributed by atoms with Gasteiger partial charge in [0.2, 0.25) is 5.88 Å². The summed E-state index contributed by atoms with van der Waals surface area (Å²) in [6.07, 6.45) is -4.84. The molecule has 1 N–H and O–H groups in total. The van der Waals surface area contributed by atoms with Gasteiger partial charge in [-0.05, 0) is 35.1 Å². The maximum Gasteiger partial charge on any atom is 0.574 e. The normalized spacial score (nSPS) is 11.3. The number of aromatic carboxylic acids is 1. The lowest BCUT2D eigenvalue weighted by molar-refractivity contribution is -0.276. The molecular formula is C8H5F3INO3. The van der Waals surface area contributed by atoms with Crippen molar-refractivity contribution in [3.63, 3.8) is 0 Å². The third-order valence-corrected chi connectivity index (χ3v) is 2.36. The molecule has 8 heteroatoms. The summed E-state index contributed by atoms with van der Waals surface area (Å²) in [6.45, 7) is 1.37. The predicted octanol–water partition coefficient (Wildman–Crippen LogP) is 2.59. The molecule has 16 heavy (non-hydrogen) atoms. The third-order valence-electron chi connectivity index (χ3n) is 1.58. The van der Waals surface area contributed by atoms with Crippen molar-refractivity contribution in [1.29, 1.82) is 0 Å². The van der Waals surface area contributed by atoms with Crippen LogP contribution in [-0.4, -0.2) is 22.4 Å². The van der Waals surface area contributed by atoms with Crippen molar-refractivity contribution in [2.24, 2.45) is 0 Å². The third kappa shape index (κ3) is 3.22. The van der Waals surface area contributed by atoms with Gasteiger partial charge in [-0.1, -0.05) is 0 Å². The van der Waals surface area contributed by atoms with E-state index in [4.69, 9.17) is 5.11 Å². The van der Waals surface area contributed by atoms with Crippen molar-refractivity contribution in [2.75, 3.05) is 0 Å². The molecule has 1 aromatic rings. The summed E-state index contributed by atoms with van der Waals surface area (Å²) >= 11 is 1.54. The number of pyridine rings is 1. The highest BCUT2D eigenvalue weighted by atomic mass is 127. The van der Waals surface area contributed by atoms with Gasteiger partial charge in [0.1, 0.15) is 3.70 Å².